The number of benzene rings is 9. The Morgan fingerprint density at radius 1 is 0.340 bits per heavy atom. The van der Waals surface area contributed by atoms with Crippen LogP contribution in [0.15, 0.2) is 170 Å². The molecule has 10 rings (SSSR count). The van der Waals surface area contributed by atoms with Crippen molar-refractivity contribution in [2.45, 2.75) is 0 Å². The summed E-state index contributed by atoms with van der Waals surface area (Å²) >= 11 is 0. The fraction of sp³-hybridized carbons (Fsp3) is 0. The Kier molecular flexibility index (Phi) is 3.91. The SMILES string of the molecule is [2H]c1c([2H])c([2H])c(-c2cccc3c2ccc2c(-c4ccc5c6c(cccc46)-c4ccccc4O5)c4ccccc4c(-c4c([2H])c([2H])c([2H])c([2H])c4[2H])c23)c([2H])c1[2H]. The summed E-state index contributed by atoms with van der Waals surface area (Å²) in [4.78, 5) is 0. The third-order valence-corrected chi connectivity index (χ3v) is 9.23. The standard InChI is InChI=1S/C46H28O/c1-3-13-29(14-4-1)31-20-11-21-34-32(31)25-26-40-44(37-19-8-7-18-36(37)43(46(34)40)30-15-5-2-6-16-30)39-27-28-42-45-35(22-12-23-38(39)45)33-17-9-10-24-41(33)47-42/h1-28H/i1D,2D,3D,4D,5D,6D,13D,14D,15D,16D. The minimum Gasteiger partial charge on any atom is -0.456 e. The van der Waals surface area contributed by atoms with Crippen molar-refractivity contribution in [3.8, 4) is 56.0 Å². The highest BCUT2D eigenvalue weighted by Gasteiger charge is 2.24. The van der Waals surface area contributed by atoms with Gasteiger partial charge < -0.3 is 4.74 Å². The van der Waals surface area contributed by atoms with E-state index in [1.165, 1.54) is 0 Å². The van der Waals surface area contributed by atoms with Crippen LogP contribution in [-0.4, -0.2) is 0 Å². The predicted molar refractivity (Wildman–Crippen MR) is 198 cm³/mol. The molecular formula is C46H28O. The molecule has 0 radical (unpaired) electrons. The van der Waals surface area contributed by atoms with Gasteiger partial charge in [0.15, 0.2) is 0 Å². The van der Waals surface area contributed by atoms with Gasteiger partial charge in [0.25, 0.3) is 0 Å². The molecule has 1 heterocycles. The first-order valence-electron chi connectivity index (χ1n) is 20.4. The Labute approximate surface area is 287 Å². The van der Waals surface area contributed by atoms with Gasteiger partial charge in [-0.2, -0.15) is 0 Å². The molecule has 0 saturated heterocycles. The molecule has 1 nitrogen and oxygen atoms in total. The van der Waals surface area contributed by atoms with E-state index in [9.17, 15) is 2.74 Å². The second-order valence-electron chi connectivity index (χ2n) is 11.6. The molecule has 9 aromatic carbocycles. The third kappa shape index (κ3) is 3.84. The van der Waals surface area contributed by atoms with Gasteiger partial charge in [-0.15, -0.1) is 0 Å². The Bertz CT molecular complexity index is 3220. The summed E-state index contributed by atoms with van der Waals surface area (Å²) in [5, 5.41) is 5.85. The molecule has 9 aromatic rings. The Morgan fingerprint density at radius 3 is 1.77 bits per heavy atom. The van der Waals surface area contributed by atoms with Gasteiger partial charge in [-0.1, -0.05) is 151 Å². The van der Waals surface area contributed by atoms with Crippen molar-refractivity contribution in [3.05, 3.63) is 170 Å². The zero-order chi connectivity index (χ0) is 39.6. The van der Waals surface area contributed by atoms with E-state index in [1.54, 1.807) is 12.1 Å². The van der Waals surface area contributed by atoms with Crippen molar-refractivity contribution >= 4 is 43.1 Å². The highest BCUT2D eigenvalue weighted by Crippen LogP contribution is 2.52. The maximum absolute atomic E-state index is 9.20. The molecule has 218 valence electrons. The molecule has 0 bridgehead atoms. The van der Waals surface area contributed by atoms with Crippen molar-refractivity contribution in [3.63, 3.8) is 0 Å². The normalized spacial score (nSPS) is 15.0. The van der Waals surface area contributed by atoms with Crippen LogP contribution in [0.2, 0.25) is 0 Å². The fourth-order valence-electron chi connectivity index (χ4n) is 7.36. The highest BCUT2D eigenvalue weighted by molar-refractivity contribution is 6.30. The topological polar surface area (TPSA) is 9.23 Å². The number of ether oxygens (including phenoxy) is 1. The summed E-state index contributed by atoms with van der Waals surface area (Å²) in [5.41, 5.74) is 4.68. The minimum atomic E-state index is -0.500. The van der Waals surface area contributed by atoms with Crippen LogP contribution in [-0.2, 0) is 0 Å². The molecule has 0 aromatic heterocycles. The first kappa shape index (κ1) is 18.1. The second-order valence-corrected chi connectivity index (χ2v) is 11.6. The molecule has 1 aliphatic rings. The van der Waals surface area contributed by atoms with Crippen LogP contribution < -0.4 is 4.74 Å². The van der Waals surface area contributed by atoms with Crippen molar-refractivity contribution in [2.24, 2.45) is 0 Å². The van der Waals surface area contributed by atoms with Crippen LogP contribution in [0.5, 0.6) is 11.5 Å². The molecular weight excluding hydrogens is 569 g/mol. The van der Waals surface area contributed by atoms with E-state index < -0.39 is 36.3 Å². The van der Waals surface area contributed by atoms with Crippen LogP contribution >= 0.6 is 0 Å². The number of rotatable bonds is 3. The zero-order valence-electron chi connectivity index (χ0n) is 34.8. The van der Waals surface area contributed by atoms with Crippen LogP contribution in [0.3, 0.4) is 0 Å². The Hall–Kier alpha value is -6.18. The number of hydrogen-bond donors (Lipinski definition) is 0. The third-order valence-electron chi connectivity index (χ3n) is 9.23. The van der Waals surface area contributed by atoms with E-state index in [-0.39, 0.29) is 35.3 Å². The monoisotopic (exact) mass is 606 g/mol. The molecule has 0 atom stereocenters. The lowest BCUT2D eigenvalue weighted by atomic mass is 9.81. The van der Waals surface area contributed by atoms with Crippen LogP contribution in [0.25, 0.3) is 87.6 Å². The average Bonchev–Trinajstić information content (AvgIpc) is 3.23. The van der Waals surface area contributed by atoms with Gasteiger partial charge in [0.1, 0.15) is 11.5 Å². The fourth-order valence-corrected chi connectivity index (χ4v) is 7.36. The largest absolute Gasteiger partial charge is 0.456 e. The molecule has 0 fully saturated rings. The predicted octanol–water partition coefficient (Wildman–Crippen LogP) is 13.1. The van der Waals surface area contributed by atoms with Gasteiger partial charge in [-0.25, -0.2) is 0 Å². The van der Waals surface area contributed by atoms with Crippen LogP contribution in [0, 0.1) is 0 Å². The number of para-hydroxylation sites is 1. The van der Waals surface area contributed by atoms with E-state index in [2.05, 4.69) is 12.1 Å². The van der Waals surface area contributed by atoms with Gasteiger partial charge >= 0.3 is 0 Å². The molecule has 0 saturated carbocycles. The second kappa shape index (κ2) is 10.2. The summed E-state index contributed by atoms with van der Waals surface area (Å²) in [6.07, 6.45) is 0. The lowest BCUT2D eigenvalue weighted by molar-refractivity contribution is 0.487. The summed E-state index contributed by atoms with van der Waals surface area (Å²) in [7, 11) is 0. The minimum absolute atomic E-state index is 0.0383. The van der Waals surface area contributed by atoms with E-state index in [4.69, 9.17) is 15.7 Å². The van der Waals surface area contributed by atoms with Crippen LogP contribution in [0.1, 0.15) is 13.7 Å². The first-order chi connectivity index (χ1) is 27.5. The molecule has 0 aliphatic carbocycles. The Morgan fingerprint density at radius 2 is 0.957 bits per heavy atom. The van der Waals surface area contributed by atoms with E-state index >= 15 is 0 Å². The lowest BCUT2D eigenvalue weighted by Gasteiger charge is -2.24. The average molecular weight is 607 g/mol. The van der Waals surface area contributed by atoms with E-state index in [1.807, 2.05) is 84.9 Å². The molecule has 47 heavy (non-hydrogen) atoms. The highest BCUT2D eigenvalue weighted by atomic mass is 16.5. The van der Waals surface area contributed by atoms with Crippen molar-refractivity contribution in [2.75, 3.05) is 0 Å². The molecule has 0 amide bonds. The Balaban J connectivity index is 1.42. The summed E-state index contributed by atoms with van der Waals surface area (Å²) in [6.45, 7) is 0. The summed E-state index contributed by atoms with van der Waals surface area (Å²) in [6, 6.07) is 30.7. The molecule has 0 unspecified atom stereocenters. The molecule has 1 aliphatic heterocycles. The van der Waals surface area contributed by atoms with Gasteiger partial charge in [0.2, 0.25) is 0 Å². The zero-order valence-corrected chi connectivity index (χ0v) is 24.8. The van der Waals surface area contributed by atoms with Gasteiger partial charge in [0, 0.05) is 10.9 Å². The number of fused-ring (bicyclic) bond motifs is 6. The molecule has 0 N–H and O–H groups in total. The van der Waals surface area contributed by atoms with Crippen molar-refractivity contribution in [1.82, 2.24) is 0 Å². The van der Waals surface area contributed by atoms with Crippen molar-refractivity contribution in [1.29, 1.82) is 0 Å². The quantitative estimate of drug-likeness (QED) is 0.144. The summed E-state index contributed by atoms with van der Waals surface area (Å²) in [5.74, 6) is 1.49. The smallest absolute Gasteiger partial charge is 0.135 e. The van der Waals surface area contributed by atoms with Crippen LogP contribution in [0.4, 0.5) is 0 Å². The number of hydrogen-bond acceptors (Lipinski definition) is 1. The van der Waals surface area contributed by atoms with Gasteiger partial charge in [-0.05, 0) is 94.8 Å². The first-order valence-corrected chi connectivity index (χ1v) is 15.4. The van der Waals surface area contributed by atoms with Crippen molar-refractivity contribution < 1.29 is 18.4 Å². The lowest BCUT2D eigenvalue weighted by Crippen LogP contribution is -1.98. The maximum Gasteiger partial charge on any atom is 0.135 e. The van der Waals surface area contributed by atoms with Gasteiger partial charge in [0.05, 0.1) is 13.7 Å². The van der Waals surface area contributed by atoms with Gasteiger partial charge in [-0.3, -0.25) is 0 Å². The molecule has 0 spiro atoms. The summed E-state index contributed by atoms with van der Waals surface area (Å²) < 4.78 is 93.4. The van der Waals surface area contributed by atoms with E-state index in [0.717, 1.165) is 55.3 Å². The van der Waals surface area contributed by atoms with E-state index in [0.29, 0.717) is 32.7 Å². The maximum atomic E-state index is 9.20. The molecule has 1 heteroatoms.